The van der Waals surface area contributed by atoms with Crippen molar-refractivity contribution in [2.24, 2.45) is 0 Å². The number of nitrogens with one attached hydrogen (secondary N) is 1. The van der Waals surface area contributed by atoms with Gasteiger partial charge in [-0.3, -0.25) is 4.79 Å². The highest BCUT2D eigenvalue weighted by Crippen LogP contribution is 2.02. The highest BCUT2D eigenvalue weighted by atomic mass is 16.5. The Kier molecular flexibility index (Phi) is 4.29. The molecule has 1 rings (SSSR count). The topological polar surface area (TPSA) is 91.8 Å². The molecule has 0 aliphatic carbocycles. The fraction of sp³-hybridized carbons (Fsp3) is 0.556. The van der Waals surface area contributed by atoms with Crippen LogP contribution >= 0.6 is 0 Å². The summed E-state index contributed by atoms with van der Waals surface area (Å²) in [5.74, 6) is 0.100. The van der Waals surface area contributed by atoms with E-state index in [2.05, 4.69) is 15.5 Å². The maximum Gasteiger partial charge on any atom is 0.292 e. The number of unbranched alkanes of at least 4 members (excludes halogenated alkanes) is 1. The zero-order valence-corrected chi connectivity index (χ0v) is 8.49. The molecule has 0 fully saturated rings. The number of amides is 1. The molecule has 0 aliphatic rings. The van der Waals surface area contributed by atoms with Crippen LogP contribution in [0.4, 0.5) is 0 Å². The van der Waals surface area contributed by atoms with Crippen LogP contribution in [0.2, 0.25) is 0 Å². The zero-order chi connectivity index (χ0) is 11.1. The van der Waals surface area contributed by atoms with Gasteiger partial charge in [-0.1, -0.05) is 5.16 Å². The smallest absolute Gasteiger partial charge is 0.292 e. The van der Waals surface area contributed by atoms with Gasteiger partial charge in [0.05, 0.1) is 6.07 Å². The summed E-state index contributed by atoms with van der Waals surface area (Å²) in [5.41, 5.74) is 0. The van der Waals surface area contributed by atoms with E-state index in [1.807, 2.05) is 13.0 Å². The number of hydrogen-bond donors (Lipinski definition) is 1. The van der Waals surface area contributed by atoms with E-state index in [4.69, 9.17) is 9.78 Å². The summed E-state index contributed by atoms with van der Waals surface area (Å²) < 4.78 is 4.85. The van der Waals surface area contributed by atoms with Gasteiger partial charge in [0.1, 0.15) is 0 Å². The number of rotatable bonds is 5. The Labute approximate surface area is 87.3 Å². The summed E-state index contributed by atoms with van der Waals surface area (Å²) in [6.45, 7) is 2.34. The van der Waals surface area contributed by atoms with Gasteiger partial charge in [0.2, 0.25) is 5.89 Å². The molecule has 1 aromatic rings. The van der Waals surface area contributed by atoms with Crippen molar-refractivity contribution in [3.63, 3.8) is 0 Å². The molecule has 0 bridgehead atoms. The van der Waals surface area contributed by atoms with E-state index >= 15 is 0 Å². The lowest BCUT2D eigenvalue weighted by Gasteiger charge is -1.93. The summed E-state index contributed by atoms with van der Waals surface area (Å²) in [5, 5.41) is 14.4. The van der Waals surface area contributed by atoms with Gasteiger partial charge in [0.25, 0.3) is 11.7 Å². The first-order valence-corrected chi connectivity index (χ1v) is 4.75. The maximum atomic E-state index is 11.2. The number of aromatic nitrogens is 2. The fourth-order valence-electron chi connectivity index (χ4n) is 1.01. The highest BCUT2D eigenvalue weighted by molar-refractivity contribution is 5.90. The highest BCUT2D eigenvalue weighted by Gasteiger charge is 2.12. The Morgan fingerprint density at radius 1 is 1.67 bits per heavy atom. The quantitative estimate of drug-likeness (QED) is 0.718. The second kappa shape index (κ2) is 5.75. The fourth-order valence-corrected chi connectivity index (χ4v) is 1.01. The number of nitriles is 1. The molecule has 1 N–H and O–H groups in total. The van der Waals surface area contributed by atoms with Crippen LogP contribution in [-0.2, 0) is 6.42 Å². The molecule has 1 amide bonds. The molecular formula is C9H12N4O2. The minimum atomic E-state index is -0.340. The molecule has 0 aromatic carbocycles. The van der Waals surface area contributed by atoms with Crippen LogP contribution in [0, 0.1) is 11.3 Å². The molecule has 0 spiro atoms. The Morgan fingerprint density at radius 3 is 3.13 bits per heavy atom. The Bertz CT molecular complexity index is 366. The van der Waals surface area contributed by atoms with E-state index in [0.717, 1.165) is 0 Å². The molecular weight excluding hydrogens is 196 g/mol. The molecule has 0 saturated carbocycles. The van der Waals surface area contributed by atoms with Gasteiger partial charge in [0, 0.05) is 19.4 Å². The van der Waals surface area contributed by atoms with Gasteiger partial charge >= 0.3 is 0 Å². The van der Waals surface area contributed by atoms with Crippen molar-refractivity contribution in [1.82, 2.24) is 15.5 Å². The Hall–Kier alpha value is -1.90. The first-order chi connectivity index (χ1) is 7.27. The van der Waals surface area contributed by atoms with E-state index < -0.39 is 0 Å². The van der Waals surface area contributed by atoms with Crippen LogP contribution in [-0.4, -0.2) is 22.6 Å². The standard InChI is InChI=1S/C9H12N4O2/c1-2-11-9(14)8-12-7(15-13-8)5-3-4-6-10/h2-5H2,1H3,(H,11,14). The van der Waals surface area contributed by atoms with E-state index in [9.17, 15) is 4.79 Å². The van der Waals surface area contributed by atoms with Crippen LogP contribution in [0.1, 0.15) is 36.3 Å². The lowest BCUT2D eigenvalue weighted by Crippen LogP contribution is -2.23. The molecule has 6 heteroatoms. The predicted molar refractivity (Wildman–Crippen MR) is 50.9 cm³/mol. The van der Waals surface area contributed by atoms with Gasteiger partial charge in [0.15, 0.2) is 0 Å². The Morgan fingerprint density at radius 2 is 2.47 bits per heavy atom. The predicted octanol–water partition coefficient (Wildman–Crippen LogP) is 0.666. The van der Waals surface area contributed by atoms with E-state index in [0.29, 0.717) is 31.7 Å². The van der Waals surface area contributed by atoms with Crippen molar-refractivity contribution in [2.75, 3.05) is 6.54 Å². The molecule has 0 radical (unpaired) electrons. The van der Waals surface area contributed by atoms with Gasteiger partial charge in [-0.05, 0) is 13.3 Å². The van der Waals surface area contributed by atoms with Crippen LogP contribution in [0.5, 0.6) is 0 Å². The SMILES string of the molecule is CCNC(=O)c1noc(CCCC#N)n1. The first-order valence-electron chi connectivity index (χ1n) is 4.75. The largest absolute Gasteiger partial charge is 0.349 e. The summed E-state index contributed by atoms with van der Waals surface area (Å²) >= 11 is 0. The second-order valence-electron chi connectivity index (χ2n) is 2.88. The average molecular weight is 208 g/mol. The van der Waals surface area contributed by atoms with Crippen molar-refractivity contribution in [2.45, 2.75) is 26.2 Å². The third-order valence-corrected chi connectivity index (χ3v) is 1.69. The van der Waals surface area contributed by atoms with Crippen LogP contribution < -0.4 is 5.32 Å². The molecule has 6 nitrogen and oxygen atoms in total. The van der Waals surface area contributed by atoms with Crippen LogP contribution in [0.25, 0.3) is 0 Å². The van der Waals surface area contributed by atoms with Crippen molar-refractivity contribution in [1.29, 1.82) is 5.26 Å². The molecule has 0 saturated heterocycles. The average Bonchev–Trinajstić information content (AvgIpc) is 2.67. The number of hydrogen-bond acceptors (Lipinski definition) is 5. The third-order valence-electron chi connectivity index (χ3n) is 1.69. The van der Waals surface area contributed by atoms with Crippen LogP contribution in [0.15, 0.2) is 4.52 Å². The molecule has 0 unspecified atom stereocenters. The molecule has 0 atom stereocenters. The van der Waals surface area contributed by atoms with Crippen molar-refractivity contribution < 1.29 is 9.32 Å². The number of nitrogens with zero attached hydrogens (tertiary/aromatic N) is 3. The summed E-state index contributed by atoms with van der Waals surface area (Å²) in [7, 11) is 0. The van der Waals surface area contributed by atoms with Gasteiger partial charge < -0.3 is 9.84 Å². The van der Waals surface area contributed by atoms with E-state index in [-0.39, 0.29) is 11.7 Å². The summed E-state index contributed by atoms with van der Waals surface area (Å²) in [6.07, 6.45) is 1.63. The second-order valence-corrected chi connectivity index (χ2v) is 2.88. The molecule has 1 heterocycles. The number of aryl methyl sites for hydroxylation is 1. The summed E-state index contributed by atoms with van der Waals surface area (Å²) in [4.78, 5) is 15.1. The maximum absolute atomic E-state index is 11.2. The van der Waals surface area contributed by atoms with E-state index in [1.165, 1.54) is 0 Å². The third kappa shape index (κ3) is 3.38. The van der Waals surface area contributed by atoms with Crippen molar-refractivity contribution in [3.8, 4) is 6.07 Å². The molecule has 15 heavy (non-hydrogen) atoms. The summed E-state index contributed by atoms with van der Waals surface area (Å²) in [6, 6.07) is 2.02. The first kappa shape index (κ1) is 11.2. The molecule has 80 valence electrons. The zero-order valence-electron chi connectivity index (χ0n) is 8.49. The monoisotopic (exact) mass is 208 g/mol. The lowest BCUT2D eigenvalue weighted by atomic mass is 10.2. The molecule has 1 aromatic heterocycles. The van der Waals surface area contributed by atoms with Crippen molar-refractivity contribution in [3.05, 3.63) is 11.7 Å². The Balaban J connectivity index is 2.49. The minimum absolute atomic E-state index is 0.0452. The number of carbonyl (C=O) groups excluding carboxylic acids is 1. The van der Waals surface area contributed by atoms with Crippen LogP contribution in [0.3, 0.4) is 0 Å². The number of carbonyl (C=O) groups is 1. The normalized spacial score (nSPS) is 9.60. The van der Waals surface area contributed by atoms with Crippen molar-refractivity contribution >= 4 is 5.91 Å². The van der Waals surface area contributed by atoms with E-state index in [1.54, 1.807) is 0 Å². The lowest BCUT2D eigenvalue weighted by molar-refractivity contribution is 0.0942. The van der Waals surface area contributed by atoms with Gasteiger partial charge in [-0.25, -0.2) is 0 Å². The van der Waals surface area contributed by atoms with Gasteiger partial charge in [-0.15, -0.1) is 0 Å². The van der Waals surface area contributed by atoms with Gasteiger partial charge in [-0.2, -0.15) is 10.2 Å². The minimum Gasteiger partial charge on any atom is -0.349 e. The molecule has 0 aliphatic heterocycles.